The Balaban J connectivity index is 3.94. The van der Waals surface area contributed by atoms with Crippen molar-refractivity contribution in [3.8, 4) is 0 Å². The van der Waals surface area contributed by atoms with Gasteiger partial charge in [-0.15, -0.1) is 0 Å². The molecule has 11 heavy (non-hydrogen) atoms. The molecule has 0 spiro atoms. The van der Waals surface area contributed by atoms with Gasteiger partial charge in [0.15, 0.2) is 5.60 Å². The van der Waals surface area contributed by atoms with Gasteiger partial charge in [-0.05, 0) is 20.3 Å². The highest BCUT2D eigenvalue weighted by Crippen LogP contribution is 2.13. The molecule has 0 heterocycles. The molecule has 3 nitrogen and oxygen atoms in total. The van der Waals surface area contributed by atoms with E-state index in [2.05, 4.69) is 4.74 Å². The first-order valence-corrected chi connectivity index (χ1v) is 3.94. The highest BCUT2D eigenvalue weighted by molar-refractivity contribution is 5.78. The van der Waals surface area contributed by atoms with Crippen molar-refractivity contribution in [3.63, 3.8) is 0 Å². The van der Waals surface area contributed by atoms with Crippen molar-refractivity contribution in [2.75, 3.05) is 6.61 Å². The van der Waals surface area contributed by atoms with Crippen molar-refractivity contribution in [1.82, 2.24) is 0 Å². The third kappa shape index (κ3) is 3.37. The van der Waals surface area contributed by atoms with Gasteiger partial charge >= 0.3 is 5.97 Å². The lowest BCUT2D eigenvalue weighted by molar-refractivity contribution is -0.163. The van der Waals surface area contributed by atoms with E-state index in [1.165, 1.54) is 6.92 Å². The second-order valence-corrected chi connectivity index (χ2v) is 2.74. The first-order valence-electron chi connectivity index (χ1n) is 3.94. The van der Waals surface area contributed by atoms with Crippen LogP contribution in [0.15, 0.2) is 0 Å². The predicted octanol–water partition coefficient (Wildman–Crippen LogP) is 1.10. The Labute approximate surface area is 67.4 Å². The lowest BCUT2D eigenvalue weighted by atomic mass is 10.0. The van der Waals surface area contributed by atoms with Gasteiger partial charge in [0, 0.05) is 0 Å². The Hall–Kier alpha value is -0.570. The van der Waals surface area contributed by atoms with Crippen LogP contribution in [0.5, 0.6) is 0 Å². The van der Waals surface area contributed by atoms with Crippen LogP contribution >= 0.6 is 0 Å². The van der Waals surface area contributed by atoms with Crippen LogP contribution in [0.1, 0.15) is 33.6 Å². The maximum absolute atomic E-state index is 11.0. The van der Waals surface area contributed by atoms with Crippen LogP contribution in [0.3, 0.4) is 0 Å². The van der Waals surface area contributed by atoms with Gasteiger partial charge in [-0.3, -0.25) is 0 Å². The van der Waals surface area contributed by atoms with E-state index in [1.807, 2.05) is 6.92 Å². The van der Waals surface area contributed by atoms with Crippen molar-refractivity contribution in [2.45, 2.75) is 39.2 Å². The molecule has 1 unspecified atom stereocenters. The lowest BCUT2D eigenvalue weighted by Gasteiger charge is -2.19. The second-order valence-electron chi connectivity index (χ2n) is 2.74. The smallest absolute Gasteiger partial charge is 0.337 e. The summed E-state index contributed by atoms with van der Waals surface area (Å²) in [6, 6.07) is 0. The van der Waals surface area contributed by atoms with E-state index in [4.69, 9.17) is 0 Å². The number of carbonyl (C=O) groups is 1. The summed E-state index contributed by atoms with van der Waals surface area (Å²) in [5, 5.41) is 9.44. The molecule has 1 atom stereocenters. The Bertz CT molecular complexity index is 129. The number of esters is 1. The van der Waals surface area contributed by atoms with Crippen LogP contribution in [0.25, 0.3) is 0 Å². The number of ether oxygens (including phenoxy) is 1. The molecule has 66 valence electrons. The molecule has 0 aromatic carbocycles. The SMILES string of the molecule is CCCC(C)(O)C(=O)OCC. The molecule has 0 aliphatic carbocycles. The molecule has 0 saturated carbocycles. The van der Waals surface area contributed by atoms with Crippen LogP contribution < -0.4 is 0 Å². The Morgan fingerprint density at radius 2 is 2.09 bits per heavy atom. The summed E-state index contributed by atoms with van der Waals surface area (Å²) >= 11 is 0. The fourth-order valence-electron chi connectivity index (χ4n) is 0.875. The van der Waals surface area contributed by atoms with Gasteiger partial charge in [-0.1, -0.05) is 13.3 Å². The quantitative estimate of drug-likeness (QED) is 0.626. The minimum absolute atomic E-state index is 0.318. The summed E-state index contributed by atoms with van der Waals surface area (Å²) in [5.41, 5.74) is -1.30. The van der Waals surface area contributed by atoms with Crippen molar-refractivity contribution in [3.05, 3.63) is 0 Å². The summed E-state index contributed by atoms with van der Waals surface area (Å²) in [5.74, 6) is -0.526. The third-order valence-corrected chi connectivity index (χ3v) is 1.45. The van der Waals surface area contributed by atoms with E-state index in [0.29, 0.717) is 13.0 Å². The summed E-state index contributed by atoms with van der Waals surface area (Å²) in [6.45, 7) is 5.43. The first-order chi connectivity index (χ1) is 5.04. The van der Waals surface area contributed by atoms with Crippen molar-refractivity contribution >= 4 is 5.97 Å². The summed E-state index contributed by atoms with van der Waals surface area (Å²) in [6.07, 6.45) is 1.22. The van der Waals surface area contributed by atoms with Crippen LogP contribution in [-0.2, 0) is 9.53 Å². The Morgan fingerprint density at radius 1 is 1.55 bits per heavy atom. The second kappa shape index (κ2) is 4.34. The van der Waals surface area contributed by atoms with Gasteiger partial charge in [-0.25, -0.2) is 4.79 Å². The monoisotopic (exact) mass is 160 g/mol. The van der Waals surface area contributed by atoms with Crippen LogP contribution in [0.2, 0.25) is 0 Å². The summed E-state index contributed by atoms with van der Waals surface area (Å²) in [7, 11) is 0. The third-order valence-electron chi connectivity index (χ3n) is 1.45. The molecule has 0 saturated heterocycles. The van der Waals surface area contributed by atoms with Gasteiger partial charge in [0.1, 0.15) is 0 Å². The minimum Gasteiger partial charge on any atom is -0.464 e. The van der Waals surface area contributed by atoms with E-state index in [0.717, 1.165) is 6.42 Å². The van der Waals surface area contributed by atoms with E-state index >= 15 is 0 Å². The molecule has 0 aromatic rings. The van der Waals surface area contributed by atoms with Crippen LogP contribution in [0, 0.1) is 0 Å². The lowest BCUT2D eigenvalue weighted by Crippen LogP contribution is -2.36. The van der Waals surface area contributed by atoms with Gasteiger partial charge in [0.05, 0.1) is 6.61 Å². The molecule has 0 aromatic heterocycles. The topological polar surface area (TPSA) is 46.5 Å². The Morgan fingerprint density at radius 3 is 2.45 bits per heavy atom. The maximum Gasteiger partial charge on any atom is 0.337 e. The van der Waals surface area contributed by atoms with Gasteiger partial charge < -0.3 is 9.84 Å². The molecule has 3 heteroatoms. The van der Waals surface area contributed by atoms with Crippen LogP contribution in [0.4, 0.5) is 0 Å². The van der Waals surface area contributed by atoms with Crippen molar-refractivity contribution in [2.24, 2.45) is 0 Å². The van der Waals surface area contributed by atoms with Gasteiger partial charge in [-0.2, -0.15) is 0 Å². The minimum atomic E-state index is -1.30. The zero-order chi connectivity index (χ0) is 8.91. The summed E-state index contributed by atoms with van der Waals surface area (Å²) in [4.78, 5) is 11.0. The summed E-state index contributed by atoms with van der Waals surface area (Å²) < 4.78 is 4.67. The molecule has 0 rings (SSSR count). The first kappa shape index (κ1) is 10.4. The fraction of sp³-hybridized carbons (Fsp3) is 0.875. The zero-order valence-electron chi connectivity index (χ0n) is 7.39. The maximum atomic E-state index is 11.0. The highest BCUT2D eigenvalue weighted by Gasteiger charge is 2.30. The van der Waals surface area contributed by atoms with Gasteiger partial charge in [0.25, 0.3) is 0 Å². The van der Waals surface area contributed by atoms with E-state index < -0.39 is 11.6 Å². The number of hydrogen-bond donors (Lipinski definition) is 1. The van der Waals surface area contributed by atoms with Gasteiger partial charge in [0.2, 0.25) is 0 Å². The van der Waals surface area contributed by atoms with E-state index in [1.54, 1.807) is 6.92 Å². The van der Waals surface area contributed by atoms with E-state index in [-0.39, 0.29) is 0 Å². The molecule has 0 aliphatic rings. The highest BCUT2D eigenvalue weighted by atomic mass is 16.5. The molecular weight excluding hydrogens is 144 g/mol. The number of hydrogen-bond acceptors (Lipinski definition) is 3. The molecule has 0 radical (unpaired) electrons. The van der Waals surface area contributed by atoms with Crippen molar-refractivity contribution in [1.29, 1.82) is 0 Å². The molecule has 0 bridgehead atoms. The zero-order valence-corrected chi connectivity index (χ0v) is 7.39. The van der Waals surface area contributed by atoms with E-state index in [9.17, 15) is 9.90 Å². The molecule has 1 N–H and O–H groups in total. The molecule has 0 aliphatic heterocycles. The normalized spacial score (nSPS) is 15.6. The Kier molecular flexibility index (Phi) is 4.11. The fourth-order valence-corrected chi connectivity index (χ4v) is 0.875. The molecule has 0 fully saturated rings. The molecule has 0 amide bonds. The van der Waals surface area contributed by atoms with Crippen molar-refractivity contribution < 1.29 is 14.6 Å². The average Bonchev–Trinajstić information content (AvgIpc) is 1.88. The average molecular weight is 160 g/mol. The predicted molar refractivity (Wildman–Crippen MR) is 42.2 cm³/mol. The number of rotatable bonds is 4. The number of carbonyl (C=O) groups excluding carboxylic acids is 1. The van der Waals surface area contributed by atoms with Crippen LogP contribution in [-0.4, -0.2) is 23.3 Å². The largest absolute Gasteiger partial charge is 0.464 e. The molecular formula is C8H16O3. The standard InChI is InChI=1S/C8H16O3/c1-4-6-8(3,10)7(9)11-5-2/h10H,4-6H2,1-3H3. The number of aliphatic hydroxyl groups is 1.